The molecule has 0 fully saturated rings. The molecule has 0 unspecified atom stereocenters. The molecule has 1 aromatic heterocycles. The third kappa shape index (κ3) is 4.24. The highest BCUT2D eigenvalue weighted by molar-refractivity contribution is 9.10. The van der Waals surface area contributed by atoms with Gasteiger partial charge in [0, 0.05) is 10.2 Å². The number of carbonyl (C=O) groups is 1. The van der Waals surface area contributed by atoms with Crippen LogP contribution < -0.4 is 10.7 Å². The van der Waals surface area contributed by atoms with Gasteiger partial charge in [-0.25, -0.2) is 5.43 Å². The average molecular weight is 336 g/mol. The van der Waals surface area contributed by atoms with Crippen molar-refractivity contribution in [2.45, 2.75) is 13.0 Å². The van der Waals surface area contributed by atoms with Gasteiger partial charge in [-0.1, -0.05) is 15.9 Å². The number of hydrazone groups is 1. The topological polar surface area (TPSA) is 66.6 Å². The van der Waals surface area contributed by atoms with Gasteiger partial charge in [0.05, 0.1) is 12.5 Å². The molecule has 1 atom stereocenters. The lowest BCUT2D eigenvalue weighted by molar-refractivity contribution is -0.121. The molecule has 0 aliphatic heterocycles. The number of nitrogens with zero attached hydrogens (tertiary/aromatic N) is 1. The van der Waals surface area contributed by atoms with Crippen LogP contribution in [0.5, 0.6) is 0 Å². The van der Waals surface area contributed by atoms with E-state index in [1.165, 1.54) is 6.21 Å². The van der Waals surface area contributed by atoms with Crippen molar-refractivity contribution in [3.63, 3.8) is 0 Å². The van der Waals surface area contributed by atoms with Crippen molar-refractivity contribution in [1.82, 2.24) is 5.43 Å². The van der Waals surface area contributed by atoms with Crippen LogP contribution in [0.3, 0.4) is 0 Å². The molecule has 1 heterocycles. The van der Waals surface area contributed by atoms with Crippen LogP contribution in [-0.4, -0.2) is 18.2 Å². The highest BCUT2D eigenvalue weighted by Crippen LogP contribution is 2.14. The van der Waals surface area contributed by atoms with E-state index in [-0.39, 0.29) is 5.91 Å². The van der Waals surface area contributed by atoms with Crippen molar-refractivity contribution < 1.29 is 9.21 Å². The maximum atomic E-state index is 11.8. The molecule has 20 heavy (non-hydrogen) atoms. The van der Waals surface area contributed by atoms with E-state index in [0.717, 1.165) is 10.2 Å². The van der Waals surface area contributed by atoms with Crippen molar-refractivity contribution in [3.8, 4) is 0 Å². The van der Waals surface area contributed by atoms with E-state index in [9.17, 15) is 4.79 Å². The van der Waals surface area contributed by atoms with Gasteiger partial charge in [0.25, 0.3) is 5.91 Å². The van der Waals surface area contributed by atoms with Crippen molar-refractivity contribution in [2.24, 2.45) is 5.10 Å². The zero-order valence-electron chi connectivity index (χ0n) is 10.8. The second-order valence-corrected chi connectivity index (χ2v) is 5.04. The molecule has 104 valence electrons. The van der Waals surface area contributed by atoms with Gasteiger partial charge in [-0.3, -0.25) is 4.79 Å². The molecule has 0 radical (unpaired) electrons. The Morgan fingerprint density at radius 2 is 2.10 bits per heavy atom. The first-order valence-electron chi connectivity index (χ1n) is 6.03. The van der Waals surface area contributed by atoms with E-state index >= 15 is 0 Å². The summed E-state index contributed by atoms with van der Waals surface area (Å²) in [5.74, 6) is 0.356. The number of furan rings is 1. The number of nitrogens with one attached hydrogen (secondary N) is 2. The Bertz CT molecular complexity index is 579. The van der Waals surface area contributed by atoms with Crippen LogP contribution in [0.1, 0.15) is 12.7 Å². The number of rotatable bonds is 5. The Kier molecular flexibility index (Phi) is 4.95. The fourth-order valence-electron chi connectivity index (χ4n) is 1.48. The molecule has 1 aromatic carbocycles. The van der Waals surface area contributed by atoms with E-state index in [1.807, 2.05) is 24.3 Å². The van der Waals surface area contributed by atoms with Crippen molar-refractivity contribution in [2.75, 3.05) is 5.32 Å². The van der Waals surface area contributed by atoms with Crippen LogP contribution in [-0.2, 0) is 4.79 Å². The SMILES string of the molecule is C[C@@H](Nc1ccc(Br)cc1)C(=O)N/N=C\c1ccco1. The summed E-state index contributed by atoms with van der Waals surface area (Å²) in [6, 6.07) is 10.7. The molecule has 1 amide bonds. The standard InChI is InChI=1S/C14H14BrN3O2/c1-10(17-12-6-4-11(15)5-7-12)14(19)18-16-9-13-3-2-8-20-13/h2-10,17H,1H3,(H,18,19)/b16-9-/t10-/m1/s1. The predicted octanol–water partition coefficient (Wildman–Crippen LogP) is 2.99. The van der Waals surface area contributed by atoms with Gasteiger partial charge in [-0.2, -0.15) is 5.10 Å². The average Bonchev–Trinajstić information content (AvgIpc) is 2.94. The van der Waals surface area contributed by atoms with E-state index in [0.29, 0.717) is 5.76 Å². The number of benzene rings is 1. The Balaban J connectivity index is 1.84. The number of halogens is 1. The molecule has 0 aliphatic rings. The number of amides is 1. The predicted molar refractivity (Wildman–Crippen MR) is 81.7 cm³/mol. The summed E-state index contributed by atoms with van der Waals surface area (Å²) >= 11 is 3.36. The second-order valence-electron chi connectivity index (χ2n) is 4.12. The van der Waals surface area contributed by atoms with Gasteiger partial charge >= 0.3 is 0 Å². The minimum absolute atomic E-state index is 0.226. The largest absolute Gasteiger partial charge is 0.463 e. The maximum absolute atomic E-state index is 11.8. The molecule has 5 nitrogen and oxygen atoms in total. The summed E-state index contributed by atoms with van der Waals surface area (Å²) in [5, 5.41) is 6.91. The van der Waals surface area contributed by atoms with Gasteiger partial charge in [0.15, 0.2) is 0 Å². The molecule has 0 aliphatic carbocycles. The normalized spacial score (nSPS) is 12.3. The summed E-state index contributed by atoms with van der Waals surface area (Å²) in [5.41, 5.74) is 3.32. The van der Waals surface area contributed by atoms with Crippen molar-refractivity contribution >= 4 is 33.7 Å². The summed E-state index contributed by atoms with van der Waals surface area (Å²) in [7, 11) is 0. The highest BCUT2D eigenvalue weighted by Gasteiger charge is 2.11. The molecule has 0 bridgehead atoms. The third-order valence-electron chi connectivity index (χ3n) is 2.53. The lowest BCUT2D eigenvalue weighted by Gasteiger charge is -2.13. The Morgan fingerprint density at radius 3 is 2.75 bits per heavy atom. The molecule has 2 aromatic rings. The molecule has 0 saturated carbocycles. The third-order valence-corrected chi connectivity index (χ3v) is 3.06. The number of anilines is 1. The summed E-state index contributed by atoms with van der Waals surface area (Å²) in [6.07, 6.45) is 2.99. The number of hydrogen-bond donors (Lipinski definition) is 2. The quantitative estimate of drug-likeness (QED) is 0.652. The Labute approximate surface area is 125 Å². The van der Waals surface area contributed by atoms with Crippen molar-refractivity contribution in [3.05, 3.63) is 52.9 Å². The van der Waals surface area contributed by atoms with Gasteiger partial charge in [-0.05, 0) is 43.3 Å². The first kappa shape index (κ1) is 14.3. The molecule has 0 saturated heterocycles. The Morgan fingerprint density at radius 1 is 1.35 bits per heavy atom. The zero-order chi connectivity index (χ0) is 14.4. The van der Waals surface area contributed by atoms with Gasteiger partial charge in [-0.15, -0.1) is 0 Å². The summed E-state index contributed by atoms with van der Waals surface area (Å²) < 4.78 is 6.05. The van der Waals surface area contributed by atoms with Crippen LogP contribution in [0, 0.1) is 0 Å². The molecule has 2 N–H and O–H groups in total. The molecular formula is C14H14BrN3O2. The number of carbonyl (C=O) groups excluding carboxylic acids is 1. The first-order chi connectivity index (χ1) is 9.65. The molecule has 0 spiro atoms. The van der Waals surface area contributed by atoms with E-state index < -0.39 is 6.04 Å². The maximum Gasteiger partial charge on any atom is 0.262 e. The minimum Gasteiger partial charge on any atom is -0.463 e. The van der Waals surface area contributed by atoms with Crippen LogP contribution in [0.4, 0.5) is 5.69 Å². The number of hydrogen-bond acceptors (Lipinski definition) is 4. The van der Waals surface area contributed by atoms with E-state index in [2.05, 4.69) is 31.8 Å². The highest BCUT2D eigenvalue weighted by atomic mass is 79.9. The zero-order valence-corrected chi connectivity index (χ0v) is 12.4. The van der Waals surface area contributed by atoms with Crippen LogP contribution in [0.15, 0.2) is 56.7 Å². The molecule has 6 heteroatoms. The van der Waals surface area contributed by atoms with Crippen LogP contribution in [0.2, 0.25) is 0 Å². The minimum atomic E-state index is -0.398. The van der Waals surface area contributed by atoms with E-state index in [1.54, 1.807) is 25.3 Å². The van der Waals surface area contributed by atoms with Gasteiger partial charge in [0.2, 0.25) is 0 Å². The monoisotopic (exact) mass is 335 g/mol. The van der Waals surface area contributed by atoms with Gasteiger partial charge < -0.3 is 9.73 Å². The molecular weight excluding hydrogens is 322 g/mol. The lowest BCUT2D eigenvalue weighted by Crippen LogP contribution is -2.34. The fourth-order valence-corrected chi connectivity index (χ4v) is 1.75. The Hall–Kier alpha value is -2.08. The lowest BCUT2D eigenvalue weighted by atomic mass is 10.2. The first-order valence-corrected chi connectivity index (χ1v) is 6.83. The fraction of sp³-hybridized carbons (Fsp3) is 0.143. The van der Waals surface area contributed by atoms with E-state index in [4.69, 9.17) is 4.42 Å². The second kappa shape index (κ2) is 6.91. The van der Waals surface area contributed by atoms with Crippen molar-refractivity contribution in [1.29, 1.82) is 0 Å². The molecule has 2 rings (SSSR count). The summed E-state index contributed by atoms with van der Waals surface area (Å²) in [4.78, 5) is 11.8. The van der Waals surface area contributed by atoms with Gasteiger partial charge in [0.1, 0.15) is 11.8 Å². The smallest absolute Gasteiger partial charge is 0.262 e. The summed E-state index contributed by atoms with van der Waals surface area (Å²) in [6.45, 7) is 1.76. The van der Waals surface area contributed by atoms with Crippen LogP contribution in [0.25, 0.3) is 0 Å². The van der Waals surface area contributed by atoms with Crippen LogP contribution >= 0.6 is 15.9 Å².